The van der Waals surface area contributed by atoms with Crippen molar-refractivity contribution in [3.63, 3.8) is 0 Å². The maximum absolute atomic E-state index is 13.3. The van der Waals surface area contributed by atoms with Gasteiger partial charge in [-0.2, -0.15) is 9.78 Å². The van der Waals surface area contributed by atoms with Gasteiger partial charge in [0.15, 0.2) is 5.78 Å². The Morgan fingerprint density at radius 1 is 0.862 bits per heavy atom. The predicted octanol–water partition coefficient (Wildman–Crippen LogP) is 4.46. The molecule has 1 aromatic heterocycles. The summed E-state index contributed by atoms with van der Waals surface area (Å²) in [5.74, 6) is 0.296. The third kappa shape index (κ3) is 2.59. The fourth-order valence-electron chi connectivity index (χ4n) is 3.71. The van der Waals surface area contributed by atoms with Crippen LogP contribution in [0.2, 0.25) is 0 Å². The van der Waals surface area contributed by atoms with Crippen LogP contribution in [0.15, 0.2) is 78.9 Å². The molecule has 0 spiro atoms. The van der Waals surface area contributed by atoms with Gasteiger partial charge in [-0.1, -0.05) is 42.5 Å². The van der Waals surface area contributed by atoms with Crippen molar-refractivity contribution in [3.8, 4) is 28.3 Å². The van der Waals surface area contributed by atoms with E-state index in [-0.39, 0.29) is 11.7 Å². The molecule has 3 aromatic carbocycles. The molecule has 0 radical (unpaired) electrons. The lowest BCUT2D eigenvalue weighted by atomic mass is 10.0. The van der Waals surface area contributed by atoms with Crippen molar-refractivity contribution in [2.75, 3.05) is 7.11 Å². The van der Waals surface area contributed by atoms with E-state index >= 15 is 0 Å². The monoisotopic (exact) mass is 380 g/mol. The molecule has 140 valence electrons. The van der Waals surface area contributed by atoms with E-state index in [1.165, 1.54) is 4.68 Å². The zero-order valence-electron chi connectivity index (χ0n) is 15.6. The molecule has 4 aromatic rings. The highest BCUT2D eigenvalue weighted by molar-refractivity contribution is 6.24. The van der Waals surface area contributed by atoms with Crippen molar-refractivity contribution in [1.29, 1.82) is 0 Å². The van der Waals surface area contributed by atoms with Crippen molar-refractivity contribution in [2.45, 2.75) is 0 Å². The minimum atomic E-state index is -0.281. The summed E-state index contributed by atoms with van der Waals surface area (Å²) in [6.45, 7) is 0. The Bertz CT molecular complexity index is 1260. The van der Waals surface area contributed by atoms with E-state index in [0.717, 1.165) is 11.1 Å². The Morgan fingerprint density at radius 3 is 2.21 bits per heavy atom. The molecule has 5 heteroatoms. The number of aromatic nitrogens is 2. The number of methoxy groups -OCH3 is 1. The normalized spacial score (nSPS) is 11.8. The molecular formula is C24H16N2O3. The number of rotatable bonds is 3. The van der Waals surface area contributed by atoms with E-state index < -0.39 is 0 Å². The smallest absolute Gasteiger partial charge is 0.278 e. The predicted molar refractivity (Wildman–Crippen MR) is 109 cm³/mol. The SMILES string of the molecule is COc1ccc(-c2c3c(nn2C(=O)c2ccccc2)-c2ccccc2C3=O)cc1. The van der Waals surface area contributed by atoms with Crippen LogP contribution in [0.4, 0.5) is 0 Å². The molecule has 5 nitrogen and oxygen atoms in total. The highest BCUT2D eigenvalue weighted by Crippen LogP contribution is 2.41. The summed E-state index contributed by atoms with van der Waals surface area (Å²) in [7, 11) is 1.59. The maximum Gasteiger partial charge on any atom is 0.278 e. The van der Waals surface area contributed by atoms with Crippen LogP contribution in [0.25, 0.3) is 22.5 Å². The molecule has 1 aliphatic carbocycles. The number of hydrogen-bond acceptors (Lipinski definition) is 4. The number of hydrogen-bond donors (Lipinski definition) is 0. The molecule has 0 amide bonds. The quantitative estimate of drug-likeness (QED) is 0.464. The maximum atomic E-state index is 13.3. The fourth-order valence-corrected chi connectivity index (χ4v) is 3.71. The van der Waals surface area contributed by atoms with Crippen LogP contribution in [0, 0.1) is 0 Å². The lowest BCUT2D eigenvalue weighted by Gasteiger charge is -2.09. The summed E-state index contributed by atoms with van der Waals surface area (Å²) < 4.78 is 6.58. The number of carbonyl (C=O) groups is 2. The molecule has 0 bridgehead atoms. The first-order valence-corrected chi connectivity index (χ1v) is 9.20. The van der Waals surface area contributed by atoms with E-state index in [1.807, 2.05) is 36.4 Å². The second-order valence-corrected chi connectivity index (χ2v) is 6.76. The van der Waals surface area contributed by atoms with E-state index in [9.17, 15) is 9.59 Å². The van der Waals surface area contributed by atoms with Gasteiger partial charge in [-0.15, -0.1) is 0 Å². The van der Waals surface area contributed by atoms with Crippen LogP contribution in [0.1, 0.15) is 26.3 Å². The third-order valence-corrected chi connectivity index (χ3v) is 5.12. The van der Waals surface area contributed by atoms with Crippen LogP contribution in [0.3, 0.4) is 0 Å². The largest absolute Gasteiger partial charge is 0.497 e. The van der Waals surface area contributed by atoms with Crippen LogP contribution >= 0.6 is 0 Å². The van der Waals surface area contributed by atoms with Gasteiger partial charge in [-0.05, 0) is 36.4 Å². The molecule has 0 N–H and O–H groups in total. The topological polar surface area (TPSA) is 61.2 Å². The Labute approximate surface area is 167 Å². The van der Waals surface area contributed by atoms with Gasteiger partial charge in [0.1, 0.15) is 11.4 Å². The number of carbonyl (C=O) groups excluding carboxylic acids is 2. The lowest BCUT2D eigenvalue weighted by Crippen LogP contribution is -2.16. The Hall–Kier alpha value is -3.99. The van der Waals surface area contributed by atoms with Gasteiger partial charge >= 0.3 is 0 Å². The number of benzene rings is 3. The summed E-state index contributed by atoms with van der Waals surface area (Å²) in [6.07, 6.45) is 0. The molecule has 0 saturated heterocycles. The van der Waals surface area contributed by atoms with Crippen molar-refractivity contribution in [3.05, 3.63) is 95.6 Å². The van der Waals surface area contributed by atoms with Gasteiger partial charge in [-0.25, -0.2) is 0 Å². The van der Waals surface area contributed by atoms with Crippen molar-refractivity contribution < 1.29 is 14.3 Å². The molecule has 0 unspecified atom stereocenters. The minimum absolute atomic E-state index is 0.117. The van der Waals surface area contributed by atoms with Gasteiger partial charge < -0.3 is 4.74 Å². The molecule has 29 heavy (non-hydrogen) atoms. The number of fused-ring (bicyclic) bond motifs is 3. The Morgan fingerprint density at radius 2 is 1.52 bits per heavy atom. The zero-order valence-corrected chi connectivity index (χ0v) is 15.6. The lowest BCUT2D eigenvalue weighted by molar-refractivity contribution is 0.0947. The fraction of sp³-hybridized carbons (Fsp3) is 0.0417. The number of nitrogens with zero attached hydrogens (tertiary/aromatic N) is 2. The van der Waals surface area contributed by atoms with E-state index in [1.54, 1.807) is 49.6 Å². The second kappa shape index (κ2) is 6.56. The molecule has 1 heterocycles. The average molecular weight is 380 g/mol. The van der Waals surface area contributed by atoms with E-state index in [4.69, 9.17) is 4.74 Å². The van der Waals surface area contributed by atoms with Gasteiger partial charge in [0, 0.05) is 22.3 Å². The summed E-state index contributed by atoms with van der Waals surface area (Å²) >= 11 is 0. The van der Waals surface area contributed by atoms with Crippen LogP contribution in [-0.2, 0) is 0 Å². The van der Waals surface area contributed by atoms with Crippen LogP contribution in [-0.4, -0.2) is 28.6 Å². The summed E-state index contributed by atoms with van der Waals surface area (Å²) in [6, 6.07) is 23.6. The molecule has 0 atom stereocenters. The molecule has 0 fully saturated rings. The first-order valence-electron chi connectivity index (χ1n) is 9.20. The molecule has 1 aliphatic rings. The second-order valence-electron chi connectivity index (χ2n) is 6.76. The van der Waals surface area contributed by atoms with Crippen molar-refractivity contribution >= 4 is 11.7 Å². The van der Waals surface area contributed by atoms with E-state index in [0.29, 0.717) is 33.8 Å². The summed E-state index contributed by atoms with van der Waals surface area (Å²) in [5.41, 5.74) is 4.09. The number of ether oxygens (including phenoxy) is 1. The minimum Gasteiger partial charge on any atom is -0.497 e. The van der Waals surface area contributed by atoms with Crippen LogP contribution < -0.4 is 4.74 Å². The molecular weight excluding hydrogens is 364 g/mol. The first-order chi connectivity index (χ1) is 14.2. The highest BCUT2D eigenvalue weighted by Gasteiger charge is 2.36. The Kier molecular flexibility index (Phi) is 3.88. The van der Waals surface area contributed by atoms with Gasteiger partial charge in [0.05, 0.1) is 18.4 Å². The number of ketones is 1. The molecule has 0 saturated carbocycles. The van der Waals surface area contributed by atoms with Crippen molar-refractivity contribution in [1.82, 2.24) is 9.78 Å². The molecule has 0 aliphatic heterocycles. The Balaban J connectivity index is 1.77. The summed E-state index contributed by atoms with van der Waals surface area (Å²) in [4.78, 5) is 26.4. The highest BCUT2D eigenvalue weighted by atomic mass is 16.5. The van der Waals surface area contributed by atoms with E-state index in [2.05, 4.69) is 5.10 Å². The zero-order chi connectivity index (χ0) is 20.0. The van der Waals surface area contributed by atoms with Crippen molar-refractivity contribution in [2.24, 2.45) is 0 Å². The molecule has 5 rings (SSSR count). The van der Waals surface area contributed by atoms with Crippen LogP contribution in [0.5, 0.6) is 5.75 Å². The third-order valence-electron chi connectivity index (χ3n) is 5.12. The van der Waals surface area contributed by atoms with Gasteiger partial charge in [0.2, 0.25) is 0 Å². The van der Waals surface area contributed by atoms with Gasteiger partial charge in [0.25, 0.3) is 5.91 Å². The average Bonchev–Trinajstić information content (AvgIpc) is 3.30. The first kappa shape index (κ1) is 17.1. The van der Waals surface area contributed by atoms with Gasteiger partial charge in [-0.3, -0.25) is 9.59 Å². The summed E-state index contributed by atoms with van der Waals surface area (Å²) in [5, 5.41) is 4.59. The standard InChI is InChI=1S/C24H16N2O3/c1-29-17-13-11-15(12-14-17)22-20-21(18-9-5-6-10-19(18)23(20)27)25-26(22)24(28)16-7-3-2-4-8-16/h2-14H,1H3.